The summed E-state index contributed by atoms with van der Waals surface area (Å²) < 4.78 is 0. The van der Waals surface area contributed by atoms with Gasteiger partial charge in [-0.05, 0) is 98.9 Å². The first kappa shape index (κ1) is 28.1. The number of fused-ring (bicyclic) bond motifs is 1. The highest BCUT2D eigenvalue weighted by Crippen LogP contribution is 2.47. The molecule has 10 atom stereocenters. The summed E-state index contributed by atoms with van der Waals surface area (Å²) in [6.45, 7) is 15.4. The van der Waals surface area contributed by atoms with Crippen LogP contribution in [-0.4, -0.2) is 63.3 Å². The molecule has 2 saturated heterocycles. The van der Waals surface area contributed by atoms with Crippen molar-refractivity contribution < 1.29 is 14.7 Å². The largest absolute Gasteiger partial charge is 0.392 e. The monoisotopic (exact) mass is 564 g/mol. The molecule has 6 heteroatoms. The number of halogens is 1. The highest BCUT2D eigenvalue weighted by Gasteiger charge is 2.49. The Morgan fingerprint density at radius 2 is 1.78 bits per heavy atom. The molecule has 0 aromatic heterocycles. The van der Waals surface area contributed by atoms with Gasteiger partial charge in [0.15, 0.2) is 0 Å². The van der Waals surface area contributed by atoms with E-state index in [-0.39, 0.29) is 28.6 Å². The second-order valence-corrected chi connectivity index (χ2v) is 14.2. The molecule has 0 aromatic carbocycles. The summed E-state index contributed by atoms with van der Waals surface area (Å²) >= 11 is 3.56. The summed E-state index contributed by atoms with van der Waals surface area (Å²) in [6, 6.07) is 0.0741. The topological polar surface area (TPSA) is 60.9 Å². The molecule has 204 valence electrons. The molecule has 5 nitrogen and oxygen atoms in total. The number of hydrogen-bond donors (Lipinski definition) is 1. The SMILES string of the molecule is C=CC(=O)N1CC(C)C2C(CC3CCC(C(C)C)CC3C)CCN(C(=O)C3CCC(Br)C(O)C3)C2C1. The van der Waals surface area contributed by atoms with Crippen LogP contribution in [0, 0.1) is 47.3 Å². The Kier molecular flexibility index (Phi) is 9.29. The van der Waals surface area contributed by atoms with Crippen LogP contribution in [0.1, 0.15) is 79.1 Å². The van der Waals surface area contributed by atoms with Gasteiger partial charge in [-0.25, -0.2) is 0 Å². The van der Waals surface area contributed by atoms with Crippen LogP contribution in [-0.2, 0) is 9.59 Å². The summed E-state index contributed by atoms with van der Waals surface area (Å²) in [4.78, 5) is 30.6. The number of carbonyl (C=O) groups excluding carboxylic acids is 2. The molecule has 0 spiro atoms. The van der Waals surface area contributed by atoms with Crippen molar-refractivity contribution in [1.82, 2.24) is 9.80 Å². The maximum atomic E-state index is 13.8. The lowest BCUT2D eigenvalue weighted by molar-refractivity contribution is -0.153. The lowest BCUT2D eigenvalue weighted by Gasteiger charge is -2.55. The van der Waals surface area contributed by atoms with Gasteiger partial charge in [-0.3, -0.25) is 9.59 Å². The van der Waals surface area contributed by atoms with E-state index in [1.807, 2.05) is 4.90 Å². The van der Waals surface area contributed by atoms with E-state index < -0.39 is 6.10 Å². The van der Waals surface area contributed by atoms with Gasteiger partial charge >= 0.3 is 0 Å². The fourth-order valence-electron chi connectivity index (χ4n) is 8.29. The summed E-state index contributed by atoms with van der Waals surface area (Å²) in [7, 11) is 0. The van der Waals surface area contributed by atoms with Gasteiger partial charge < -0.3 is 14.9 Å². The van der Waals surface area contributed by atoms with Crippen molar-refractivity contribution >= 4 is 27.7 Å². The van der Waals surface area contributed by atoms with Crippen molar-refractivity contribution in [3.63, 3.8) is 0 Å². The van der Waals surface area contributed by atoms with E-state index in [4.69, 9.17) is 0 Å². The molecular formula is C30H49BrN2O3. The van der Waals surface area contributed by atoms with Gasteiger partial charge in [0.2, 0.25) is 11.8 Å². The van der Waals surface area contributed by atoms with Gasteiger partial charge in [-0.1, -0.05) is 50.2 Å². The fourth-order valence-corrected chi connectivity index (χ4v) is 8.77. The van der Waals surface area contributed by atoms with Crippen molar-refractivity contribution in [2.75, 3.05) is 19.6 Å². The number of aliphatic hydroxyl groups excluding tert-OH is 1. The minimum absolute atomic E-state index is 0.0225. The molecule has 4 fully saturated rings. The first-order valence-corrected chi connectivity index (χ1v) is 15.6. The normalized spacial score (nSPS) is 41.6. The zero-order valence-electron chi connectivity index (χ0n) is 22.9. The number of hydrogen-bond acceptors (Lipinski definition) is 3. The average Bonchev–Trinajstić information content (AvgIpc) is 2.85. The van der Waals surface area contributed by atoms with Gasteiger partial charge in [-0.15, -0.1) is 0 Å². The highest BCUT2D eigenvalue weighted by molar-refractivity contribution is 9.09. The van der Waals surface area contributed by atoms with Crippen LogP contribution < -0.4 is 0 Å². The number of piperidine rings is 2. The third kappa shape index (κ3) is 5.90. The molecule has 0 bridgehead atoms. The number of amides is 2. The Labute approximate surface area is 227 Å². The maximum absolute atomic E-state index is 13.8. The molecule has 4 aliphatic rings. The predicted octanol–water partition coefficient (Wildman–Crippen LogP) is 5.51. The van der Waals surface area contributed by atoms with Crippen molar-refractivity contribution in [1.29, 1.82) is 0 Å². The Morgan fingerprint density at radius 1 is 1.03 bits per heavy atom. The molecule has 2 amide bonds. The Balaban J connectivity index is 1.51. The molecule has 2 heterocycles. The number of carbonyl (C=O) groups is 2. The number of likely N-dealkylation sites (tertiary alicyclic amines) is 2. The van der Waals surface area contributed by atoms with Gasteiger partial charge in [0.25, 0.3) is 0 Å². The molecule has 1 N–H and O–H groups in total. The maximum Gasteiger partial charge on any atom is 0.246 e. The van der Waals surface area contributed by atoms with Crippen LogP contribution in [0.4, 0.5) is 0 Å². The average molecular weight is 566 g/mol. The van der Waals surface area contributed by atoms with E-state index in [0.29, 0.717) is 30.7 Å². The number of rotatable bonds is 5. The van der Waals surface area contributed by atoms with E-state index in [0.717, 1.165) is 56.0 Å². The lowest BCUT2D eigenvalue weighted by atomic mass is 9.63. The molecule has 2 saturated carbocycles. The van der Waals surface area contributed by atoms with Crippen LogP contribution >= 0.6 is 15.9 Å². The molecule has 36 heavy (non-hydrogen) atoms. The second-order valence-electron chi connectivity index (χ2n) is 13.0. The van der Waals surface area contributed by atoms with Gasteiger partial charge in [0.1, 0.15) is 0 Å². The van der Waals surface area contributed by atoms with Crippen LogP contribution in [0.3, 0.4) is 0 Å². The summed E-state index contributed by atoms with van der Waals surface area (Å²) in [5.41, 5.74) is 0. The van der Waals surface area contributed by atoms with Crippen LogP contribution in [0.15, 0.2) is 12.7 Å². The first-order chi connectivity index (χ1) is 17.1. The van der Waals surface area contributed by atoms with Crippen molar-refractivity contribution in [2.45, 2.75) is 96.0 Å². The van der Waals surface area contributed by atoms with Crippen LogP contribution in [0.25, 0.3) is 0 Å². The van der Waals surface area contributed by atoms with E-state index in [1.54, 1.807) is 0 Å². The van der Waals surface area contributed by atoms with E-state index >= 15 is 0 Å². The minimum Gasteiger partial charge on any atom is -0.392 e. The zero-order valence-corrected chi connectivity index (χ0v) is 24.5. The lowest BCUT2D eigenvalue weighted by Crippen LogP contribution is -2.64. The van der Waals surface area contributed by atoms with Gasteiger partial charge in [0.05, 0.1) is 12.1 Å². The standard InChI is InChI=1S/C30H49BrN2O3/c1-6-28(35)32-16-20(5)29-23(14-22-8-7-21(18(2)3)13-19(22)4)11-12-33(26(29)17-32)30(36)24-9-10-25(31)27(34)15-24/h6,18-27,29,34H,1,7-17H2,2-5H3. The Bertz CT molecular complexity index is 803. The summed E-state index contributed by atoms with van der Waals surface area (Å²) in [5.74, 6) is 4.65. The zero-order chi connectivity index (χ0) is 26.1. The number of alkyl halides is 1. The van der Waals surface area contributed by atoms with Crippen LogP contribution in [0.5, 0.6) is 0 Å². The number of nitrogens with zero attached hydrogens (tertiary/aromatic N) is 2. The second kappa shape index (κ2) is 11.9. The van der Waals surface area contributed by atoms with Crippen LogP contribution in [0.2, 0.25) is 0 Å². The molecule has 10 unspecified atom stereocenters. The summed E-state index contributed by atoms with van der Waals surface area (Å²) in [6.07, 6.45) is 9.52. The third-order valence-electron chi connectivity index (χ3n) is 10.5. The summed E-state index contributed by atoms with van der Waals surface area (Å²) in [5, 5.41) is 10.4. The molecular weight excluding hydrogens is 516 g/mol. The smallest absolute Gasteiger partial charge is 0.246 e. The Morgan fingerprint density at radius 3 is 2.42 bits per heavy atom. The molecule has 2 aliphatic heterocycles. The minimum atomic E-state index is -0.465. The quantitative estimate of drug-likeness (QED) is 0.354. The van der Waals surface area contributed by atoms with Crippen molar-refractivity contribution in [3.05, 3.63) is 12.7 Å². The fraction of sp³-hybridized carbons (Fsp3) is 0.867. The predicted molar refractivity (Wildman–Crippen MR) is 149 cm³/mol. The first-order valence-electron chi connectivity index (χ1n) is 14.6. The van der Waals surface area contributed by atoms with Gasteiger partial charge in [-0.2, -0.15) is 0 Å². The van der Waals surface area contributed by atoms with Gasteiger partial charge in [0, 0.05) is 30.4 Å². The molecule has 0 aromatic rings. The van der Waals surface area contributed by atoms with E-state index in [1.165, 1.54) is 31.8 Å². The number of aliphatic hydroxyl groups is 1. The third-order valence-corrected chi connectivity index (χ3v) is 11.6. The Hall–Kier alpha value is -0.880. The van der Waals surface area contributed by atoms with E-state index in [9.17, 15) is 14.7 Å². The molecule has 2 aliphatic carbocycles. The molecule has 0 radical (unpaired) electrons. The molecule has 4 rings (SSSR count). The van der Waals surface area contributed by atoms with E-state index in [2.05, 4.69) is 55.1 Å². The highest BCUT2D eigenvalue weighted by atomic mass is 79.9. The van der Waals surface area contributed by atoms with Crippen molar-refractivity contribution in [3.8, 4) is 0 Å². The van der Waals surface area contributed by atoms with Crippen molar-refractivity contribution in [2.24, 2.45) is 47.3 Å².